The molecule has 0 saturated carbocycles. The Morgan fingerprint density at radius 3 is 2.74 bits per heavy atom. The van der Waals surface area contributed by atoms with E-state index in [0.29, 0.717) is 11.6 Å². The number of anilines is 1. The van der Waals surface area contributed by atoms with Gasteiger partial charge in [0, 0.05) is 17.3 Å². The number of esters is 1. The molecule has 1 atom stereocenters. The van der Waals surface area contributed by atoms with Crippen LogP contribution in [0.25, 0.3) is 0 Å². The molecule has 2 aromatic rings. The number of nitrogens with one attached hydrogen (secondary N) is 1. The molecular weight excluding hydrogens is 260 g/mol. The zero-order chi connectivity index (χ0) is 13.7. The highest BCUT2D eigenvalue weighted by Crippen LogP contribution is 2.29. The molecule has 1 heterocycles. The number of ether oxygens (including phenoxy) is 1. The van der Waals surface area contributed by atoms with Gasteiger partial charge in [0.1, 0.15) is 5.01 Å². The van der Waals surface area contributed by atoms with E-state index >= 15 is 0 Å². The lowest BCUT2D eigenvalue weighted by Gasteiger charge is -2.27. The fourth-order valence-electron chi connectivity index (χ4n) is 1.75. The smallest absolute Gasteiger partial charge is 0.338 e. The van der Waals surface area contributed by atoms with E-state index in [2.05, 4.69) is 10.3 Å². The number of carbonyl (C=O) groups is 1. The molecule has 19 heavy (non-hydrogen) atoms. The maximum Gasteiger partial charge on any atom is 0.338 e. The van der Waals surface area contributed by atoms with Crippen molar-refractivity contribution in [3.8, 4) is 0 Å². The first-order chi connectivity index (χ1) is 9.16. The molecule has 0 fully saturated rings. The number of hydrogen-bond acceptors (Lipinski definition) is 5. The van der Waals surface area contributed by atoms with Gasteiger partial charge in [0.25, 0.3) is 0 Å². The molecule has 1 unspecified atom stereocenters. The van der Waals surface area contributed by atoms with E-state index in [9.17, 15) is 4.79 Å². The summed E-state index contributed by atoms with van der Waals surface area (Å²) in [5.74, 6) is -0.325. The Hall–Kier alpha value is -1.88. The first kappa shape index (κ1) is 13.5. The summed E-state index contributed by atoms with van der Waals surface area (Å²) in [4.78, 5) is 16.5. The summed E-state index contributed by atoms with van der Waals surface area (Å²) < 4.78 is 5.17. The number of benzene rings is 1. The summed E-state index contributed by atoms with van der Waals surface area (Å²) >= 11 is 1.43. The number of para-hydroxylation sites is 1. The molecule has 5 heteroatoms. The summed E-state index contributed by atoms with van der Waals surface area (Å²) in [5.41, 5.74) is -0.112. The van der Waals surface area contributed by atoms with Gasteiger partial charge in [-0.25, -0.2) is 9.78 Å². The van der Waals surface area contributed by atoms with Gasteiger partial charge in [0.2, 0.25) is 0 Å². The Labute approximate surface area is 116 Å². The van der Waals surface area contributed by atoms with E-state index in [-0.39, 0.29) is 5.97 Å². The van der Waals surface area contributed by atoms with E-state index in [4.69, 9.17) is 4.74 Å². The molecule has 0 aliphatic carbocycles. The van der Waals surface area contributed by atoms with Crippen molar-refractivity contribution in [3.05, 3.63) is 46.9 Å². The zero-order valence-electron chi connectivity index (χ0n) is 10.9. The molecule has 0 aliphatic heterocycles. The third-order valence-electron chi connectivity index (χ3n) is 2.71. The molecule has 0 saturated heterocycles. The summed E-state index contributed by atoms with van der Waals surface area (Å²) in [6.45, 7) is 3.93. The van der Waals surface area contributed by atoms with Gasteiger partial charge in [0.05, 0.1) is 6.61 Å². The van der Waals surface area contributed by atoms with Crippen molar-refractivity contribution in [3.63, 3.8) is 0 Å². The average molecular weight is 276 g/mol. The number of nitrogens with zero attached hydrogens (tertiary/aromatic N) is 1. The molecule has 1 N–H and O–H groups in total. The van der Waals surface area contributed by atoms with Gasteiger partial charge in [-0.3, -0.25) is 0 Å². The fourth-order valence-corrected chi connectivity index (χ4v) is 2.49. The molecule has 0 aliphatic rings. The largest absolute Gasteiger partial charge is 0.464 e. The van der Waals surface area contributed by atoms with Crippen molar-refractivity contribution in [2.75, 3.05) is 11.9 Å². The Morgan fingerprint density at radius 1 is 1.42 bits per heavy atom. The highest BCUT2D eigenvalue weighted by molar-refractivity contribution is 7.09. The molecule has 4 nitrogen and oxygen atoms in total. The van der Waals surface area contributed by atoms with Crippen LogP contribution in [0.3, 0.4) is 0 Å². The molecule has 1 aromatic carbocycles. The third-order valence-corrected chi connectivity index (χ3v) is 3.71. The van der Waals surface area contributed by atoms with Crippen molar-refractivity contribution in [1.82, 2.24) is 4.98 Å². The van der Waals surface area contributed by atoms with Crippen molar-refractivity contribution < 1.29 is 9.53 Å². The Bertz CT molecular complexity index is 528. The highest BCUT2D eigenvalue weighted by atomic mass is 32.1. The average Bonchev–Trinajstić information content (AvgIpc) is 2.94. The van der Waals surface area contributed by atoms with Crippen LogP contribution in [-0.4, -0.2) is 17.6 Å². The quantitative estimate of drug-likeness (QED) is 0.853. The molecule has 2 rings (SSSR count). The van der Waals surface area contributed by atoms with Gasteiger partial charge in [-0.2, -0.15) is 0 Å². The van der Waals surface area contributed by atoms with Gasteiger partial charge in [-0.15, -0.1) is 11.3 Å². The summed E-state index contributed by atoms with van der Waals surface area (Å²) in [5, 5.41) is 5.75. The van der Waals surface area contributed by atoms with Gasteiger partial charge < -0.3 is 10.1 Å². The highest BCUT2D eigenvalue weighted by Gasteiger charge is 2.39. The number of thiazole rings is 1. The van der Waals surface area contributed by atoms with E-state index in [1.54, 1.807) is 20.0 Å². The van der Waals surface area contributed by atoms with Crippen LogP contribution in [0.15, 0.2) is 41.9 Å². The normalized spacial score (nSPS) is 13.6. The number of rotatable bonds is 5. The minimum Gasteiger partial charge on any atom is -0.464 e. The number of carbonyl (C=O) groups excluding carboxylic acids is 1. The second kappa shape index (κ2) is 5.84. The van der Waals surface area contributed by atoms with Crippen LogP contribution in [0.2, 0.25) is 0 Å². The van der Waals surface area contributed by atoms with E-state index < -0.39 is 5.54 Å². The van der Waals surface area contributed by atoms with Crippen LogP contribution in [-0.2, 0) is 15.1 Å². The Balaban J connectivity index is 2.32. The first-order valence-corrected chi connectivity index (χ1v) is 6.95. The Kier molecular flexibility index (Phi) is 4.16. The lowest BCUT2D eigenvalue weighted by Crippen LogP contribution is -2.41. The van der Waals surface area contributed by atoms with Crippen LogP contribution < -0.4 is 5.32 Å². The SMILES string of the molecule is CCOC(=O)C(C)(Nc1ccccc1)c1nccs1. The number of aromatic nitrogens is 1. The monoisotopic (exact) mass is 276 g/mol. The first-order valence-electron chi connectivity index (χ1n) is 6.07. The maximum absolute atomic E-state index is 12.2. The summed E-state index contributed by atoms with van der Waals surface area (Å²) in [6, 6.07) is 9.57. The second-order valence-corrected chi connectivity index (χ2v) is 5.07. The van der Waals surface area contributed by atoms with Crippen molar-refractivity contribution in [1.29, 1.82) is 0 Å². The van der Waals surface area contributed by atoms with Crippen LogP contribution in [0.5, 0.6) is 0 Å². The lowest BCUT2D eigenvalue weighted by molar-refractivity contribution is -0.148. The van der Waals surface area contributed by atoms with Crippen molar-refractivity contribution in [2.24, 2.45) is 0 Å². The number of hydrogen-bond donors (Lipinski definition) is 1. The van der Waals surface area contributed by atoms with Crippen LogP contribution in [0.4, 0.5) is 5.69 Å². The van der Waals surface area contributed by atoms with Crippen molar-refractivity contribution in [2.45, 2.75) is 19.4 Å². The van der Waals surface area contributed by atoms with E-state index in [1.807, 2.05) is 35.7 Å². The molecule has 100 valence electrons. The van der Waals surface area contributed by atoms with E-state index in [0.717, 1.165) is 5.69 Å². The third kappa shape index (κ3) is 2.93. The second-order valence-electron chi connectivity index (χ2n) is 4.17. The molecule has 0 amide bonds. The van der Waals surface area contributed by atoms with E-state index in [1.165, 1.54) is 11.3 Å². The summed E-state index contributed by atoms with van der Waals surface area (Å²) in [6.07, 6.45) is 1.68. The van der Waals surface area contributed by atoms with Crippen LogP contribution in [0.1, 0.15) is 18.9 Å². The van der Waals surface area contributed by atoms with Gasteiger partial charge in [0.15, 0.2) is 5.54 Å². The van der Waals surface area contributed by atoms with Gasteiger partial charge in [-0.1, -0.05) is 18.2 Å². The predicted octanol–water partition coefficient (Wildman–Crippen LogP) is 3.03. The molecule has 0 spiro atoms. The van der Waals surface area contributed by atoms with Gasteiger partial charge in [-0.05, 0) is 26.0 Å². The maximum atomic E-state index is 12.2. The molecule has 0 radical (unpaired) electrons. The molecular formula is C14H16N2O2S. The van der Waals surface area contributed by atoms with Crippen LogP contribution in [0, 0.1) is 0 Å². The zero-order valence-corrected chi connectivity index (χ0v) is 11.7. The Morgan fingerprint density at radius 2 is 2.16 bits per heavy atom. The topological polar surface area (TPSA) is 51.2 Å². The predicted molar refractivity (Wildman–Crippen MR) is 76.2 cm³/mol. The standard InChI is InChI=1S/C14H16N2O2S/c1-3-18-13(17)14(2,12-15-9-10-19-12)16-11-7-5-4-6-8-11/h4-10,16H,3H2,1-2H3. The molecule has 0 bridgehead atoms. The summed E-state index contributed by atoms with van der Waals surface area (Å²) in [7, 11) is 0. The molecule has 1 aromatic heterocycles. The lowest BCUT2D eigenvalue weighted by atomic mass is 10.0. The fraction of sp³-hybridized carbons (Fsp3) is 0.286. The minimum atomic E-state index is -0.967. The van der Waals surface area contributed by atoms with Crippen molar-refractivity contribution >= 4 is 23.0 Å². The minimum absolute atomic E-state index is 0.325. The van der Waals surface area contributed by atoms with Gasteiger partial charge >= 0.3 is 5.97 Å². The van der Waals surface area contributed by atoms with Crippen LogP contribution >= 0.6 is 11.3 Å².